The first-order valence-corrected chi connectivity index (χ1v) is 12.8. The number of hydrogen-bond acceptors (Lipinski definition) is 6. The van der Waals surface area contributed by atoms with E-state index in [1.54, 1.807) is 42.6 Å². The minimum absolute atomic E-state index is 0.0517. The fourth-order valence-electron chi connectivity index (χ4n) is 3.61. The van der Waals surface area contributed by atoms with Gasteiger partial charge in [-0.3, -0.25) is 9.59 Å². The predicted molar refractivity (Wildman–Crippen MR) is 135 cm³/mol. The van der Waals surface area contributed by atoms with Gasteiger partial charge in [0, 0.05) is 11.4 Å². The fraction of sp³-hybridized carbons (Fsp3) is 0.261. The monoisotopic (exact) mass is 521 g/mol. The molecule has 172 valence electrons. The van der Waals surface area contributed by atoms with Crippen molar-refractivity contribution in [3.8, 4) is 16.2 Å². The van der Waals surface area contributed by atoms with E-state index in [0.29, 0.717) is 36.0 Å². The third-order valence-corrected chi connectivity index (χ3v) is 8.25. The van der Waals surface area contributed by atoms with Crippen molar-refractivity contribution >= 4 is 63.4 Å². The van der Waals surface area contributed by atoms with Crippen LogP contribution in [0.4, 0.5) is 0 Å². The summed E-state index contributed by atoms with van der Waals surface area (Å²) in [5.41, 5.74) is 4.18. The van der Waals surface area contributed by atoms with Crippen LogP contribution >= 0.6 is 45.9 Å². The molecule has 0 aliphatic heterocycles. The second-order valence-corrected chi connectivity index (χ2v) is 10.5. The quantitative estimate of drug-likeness (QED) is 0.262. The van der Waals surface area contributed by atoms with Gasteiger partial charge in [-0.05, 0) is 49.6 Å². The molecule has 2 aromatic heterocycles. The molecule has 6 nitrogen and oxygen atoms in total. The van der Waals surface area contributed by atoms with Crippen molar-refractivity contribution < 1.29 is 14.7 Å². The van der Waals surface area contributed by atoms with Gasteiger partial charge in [-0.2, -0.15) is 5.10 Å². The van der Waals surface area contributed by atoms with E-state index >= 15 is 0 Å². The average molecular weight is 522 g/mol. The van der Waals surface area contributed by atoms with Crippen LogP contribution in [0.2, 0.25) is 10.0 Å². The van der Waals surface area contributed by atoms with E-state index in [0.717, 1.165) is 42.6 Å². The van der Waals surface area contributed by atoms with Gasteiger partial charge in [0.05, 0.1) is 36.0 Å². The molecule has 3 N–H and O–H groups in total. The average Bonchev–Trinajstić information content (AvgIpc) is 3.55. The molecule has 0 atom stereocenters. The van der Waals surface area contributed by atoms with Gasteiger partial charge in [-0.25, -0.2) is 5.43 Å². The fourth-order valence-corrected chi connectivity index (χ4v) is 5.71. The molecule has 1 aromatic carbocycles. The first-order chi connectivity index (χ1) is 15.8. The summed E-state index contributed by atoms with van der Waals surface area (Å²) in [7, 11) is 0. The minimum Gasteiger partial charge on any atom is -0.506 e. The summed E-state index contributed by atoms with van der Waals surface area (Å²) >= 11 is 14.5. The Kier molecular flexibility index (Phi) is 7.38. The van der Waals surface area contributed by atoms with E-state index in [9.17, 15) is 14.7 Å². The number of amides is 2. The number of thiophene rings is 2. The van der Waals surface area contributed by atoms with Crippen molar-refractivity contribution in [2.45, 2.75) is 38.6 Å². The third-order valence-electron chi connectivity index (χ3n) is 5.41. The standard InChI is InChI=1S/C23H21Cl2N3O3S2/c1-12(15-11-32-21(20(15)29)13-6-7-16(24)17(25)10-13)27-28-23(31)19-9-8-18(33-19)22(30)26-14-4-2-3-5-14/h6-11,14,29H,2-5H2,1H3,(H,26,30)(H,28,31)/b27-12+. The molecule has 2 amide bonds. The molecule has 0 saturated heterocycles. The number of nitrogens with zero attached hydrogens (tertiary/aromatic N) is 1. The van der Waals surface area contributed by atoms with Crippen LogP contribution in [0.5, 0.6) is 5.75 Å². The summed E-state index contributed by atoms with van der Waals surface area (Å²) in [6.45, 7) is 1.69. The van der Waals surface area contributed by atoms with Crippen molar-refractivity contribution in [1.82, 2.24) is 10.7 Å². The third kappa shape index (κ3) is 5.41. The van der Waals surface area contributed by atoms with Crippen LogP contribution < -0.4 is 10.7 Å². The van der Waals surface area contributed by atoms with Gasteiger partial charge in [0.15, 0.2) is 0 Å². The second kappa shape index (κ2) is 10.3. The van der Waals surface area contributed by atoms with Crippen LogP contribution in [0.1, 0.15) is 57.5 Å². The van der Waals surface area contributed by atoms with Crippen molar-refractivity contribution in [1.29, 1.82) is 0 Å². The summed E-state index contributed by atoms with van der Waals surface area (Å²) in [6, 6.07) is 8.60. The van der Waals surface area contributed by atoms with E-state index in [4.69, 9.17) is 23.2 Å². The Bertz CT molecular complexity index is 1230. The van der Waals surface area contributed by atoms with E-state index in [-0.39, 0.29) is 17.7 Å². The zero-order valence-electron chi connectivity index (χ0n) is 17.7. The Hall–Kier alpha value is -2.39. The van der Waals surface area contributed by atoms with Crippen molar-refractivity contribution in [3.05, 3.63) is 61.1 Å². The van der Waals surface area contributed by atoms with Crippen LogP contribution in [0.25, 0.3) is 10.4 Å². The van der Waals surface area contributed by atoms with Crippen LogP contribution in [-0.4, -0.2) is 28.7 Å². The highest BCUT2D eigenvalue weighted by atomic mass is 35.5. The Morgan fingerprint density at radius 3 is 2.45 bits per heavy atom. The number of benzene rings is 1. The summed E-state index contributed by atoms with van der Waals surface area (Å²) < 4.78 is 0. The zero-order chi connectivity index (χ0) is 23.5. The predicted octanol–water partition coefficient (Wildman–Crippen LogP) is 6.32. The summed E-state index contributed by atoms with van der Waals surface area (Å²) in [4.78, 5) is 26.4. The number of aromatic hydroxyl groups is 1. The highest BCUT2D eigenvalue weighted by Crippen LogP contribution is 2.40. The second-order valence-electron chi connectivity index (χ2n) is 7.71. The van der Waals surface area contributed by atoms with Gasteiger partial charge in [0.25, 0.3) is 11.8 Å². The molecule has 10 heteroatoms. The molecule has 1 aliphatic carbocycles. The summed E-state index contributed by atoms with van der Waals surface area (Å²) in [6.07, 6.45) is 4.27. The molecule has 3 aromatic rings. The van der Waals surface area contributed by atoms with Gasteiger partial charge >= 0.3 is 0 Å². The Balaban J connectivity index is 1.42. The Labute approximate surface area is 209 Å². The lowest BCUT2D eigenvalue weighted by molar-refractivity contribution is 0.0939. The maximum atomic E-state index is 12.5. The zero-order valence-corrected chi connectivity index (χ0v) is 20.8. The molecular weight excluding hydrogens is 501 g/mol. The molecule has 0 radical (unpaired) electrons. The number of carbonyl (C=O) groups excluding carboxylic acids is 2. The van der Waals surface area contributed by atoms with E-state index in [2.05, 4.69) is 15.8 Å². The van der Waals surface area contributed by atoms with Gasteiger partial charge in [-0.1, -0.05) is 42.1 Å². The SMILES string of the molecule is C/C(=N\NC(=O)c1ccc(C(=O)NC2CCCC2)s1)c1csc(-c2ccc(Cl)c(Cl)c2)c1O. The van der Waals surface area contributed by atoms with Crippen LogP contribution in [0, 0.1) is 0 Å². The van der Waals surface area contributed by atoms with Crippen LogP contribution in [-0.2, 0) is 0 Å². The van der Waals surface area contributed by atoms with Crippen molar-refractivity contribution in [2.75, 3.05) is 0 Å². The molecule has 0 spiro atoms. The first kappa shape index (κ1) is 23.8. The van der Waals surface area contributed by atoms with Crippen LogP contribution in [0.3, 0.4) is 0 Å². The molecule has 0 bridgehead atoms. The lowest BCUT2D eigenvalue weighted by atomic mass is 10.1. The Morgan fingerprint density at radius 2 is 1.76 bits per heavy atom. The van der Waals surface area contributed by atoms with Crippen molar-refractivity contribution in [3.63, 3.8) is 0 Å². The van der Waals surface area contributed by atoms with Gasteiger partial charge in [0.2, 0.25) is 0 Å². The molecule has 1 fully saturated rings. The molecular formula is C23H21Cl2N3O3S2. The smallest absolute Gasteiger partial charge is 0.281 e. The number of carbonyl (C=O) groups is 2. The normalized spacial score (nSPS) is 14.5. The topological polar surface area (TPSA) is 90.8 Å². The maximum Gasteiger partial charge on any atom is 0.281 e. The molecule has 0 unspecified atom stereocenters. The molecule has 1 saturated carbocycles. The van der Waals surface area contributed by atoms with E-state index in [1.165, 1.54) is 11.3 Å². The van der Waals surface area contributed by atoms with Gasteiger partial charge in [0.1, 0.15) is 5.75 Å². The van der Waals surface area contributed by atoms with Gasteiger partial charge < -0.3 is 10.4 Å². The van der Waals surface area contributed by atoms with E-state index < -0.39 is 5.91 Å². The minimum atomic E-state index is -0.418. The van der Waals surface area contributed by atoms with Gasteiger partial charge in [-0.15, -0.1) is 22.7 Å². The number of rotatable bonds is 6. The summed E-state index contributed by atoms with van der Waals surface area (Å²) in [5, 5.41) is 20.4. The lowest BCUT2D eigenvalue weighted by Crippen LogP contribution is -2.31. The Morgan fingerprint density at radius 1 is 1.06 bits per heavy atom. The molecule has 33 heavy (non-hydrogen) atoms. The summed E-state index contributed by atoms with van der Waals surface area (Å²) in [5.74, 6) is -0.516. The largest absolute Gasteiger partial charge is 0.506 e. The number of halogens is 2. The highest BCUT2D eigenvalue weighted by molar-refractivity contribution is 7.16. The highest BCUT2D eigenvalue weighted by Gasteiger charge is 2.20. The number of hydrazone groups is 1. The molecule has 4 rings (SSSR count). The lowest BCUT2D eigenvalue weighted by Gasteiger charge is -2.10. The number of nitrogens with one attached hydrogen (secondary N) is 2. The maximum absolute atomic E-state index is 12.5. The number of hydrogen-bond donors (Lipinski definition) is 3. The molecule has 1 aliphatic rings. The van der Waals surface area contributed by atoms with Crippen LogP contribution in [0.15, 0.2) is 40.8 Å². The van der Waals surface area contributed by atoms with Crippen molar-refractivity contribution in [2.24, 2.45) is 5.10 Å². The van der Waals surface area contributed by atoms with E-state index in [1.807, 2.05) is 0 Å². The molecule has 2 heterocycles. The first-order valence-electron chi connectivity index (χ1n) is 10.3.